The molecule has 0 saturated carbocycles. The molecule has 3 rings (SSSR count). The summed E-state index contributed by atoms with van der Waals surface area (Å²) in [5, 5.41) is 0. The van der Waals surface area contributed by atoms with Crippen molar-refractivity contribution in [1.82, 2.24) is 9.55 Å². The molecule has 0 unspecified atom stereocenters. The maximum Gasteiger partial charge on any atom is 0.126 e. The van der Waals surface area contributed by atoms with Crippen LogP contribution in [-0.2, 0) is 13.0 Å². The Morgan fingerprint density at radius 3 is 2.61 bits per heavy atom. The lowest BCUT2D eigenvalue weighted by atomic mass is 10.1. The molecule has 1 heterocycles. The summed E-state index contributed by atoms with van der Waals surface area (Å²) in [4.78, 5) is 4.07. The molecule has 3 aromatic rings. The van der Waals surface area contributed by atoms with Crippen LogP contribution in [0.5, 0.6) is 5.75 Å². The molecule has 0 aliphatic heterocycles. The van der Waals surface area contributed by atoms with E-state index >= 15 is 0 Å². The van der Waals surface area contributed by atoms with E-state index in [4.69, 9.17) is 4.74 Å². The van der Waals surface area contributed by atoms with Gasteiger partial charge in [0.2, 0.25) is 0 Å². The summed E-state index contributed by atoms with van der Waals surface area (Å²) in [5.74, 6) is 0.883. The fourth-order valence-electron chi connectivity index (χ4n) is 2.49. The van der Waals surface area contributed by atoms with Crippen molar-refractivity contribution in [3.8, 4) is 5.75 Å². The van der Waals surface area contributed by atoms with Crippen molar-refractivity contribution >= 4 is 5.57 Å². The second-order valence-electron chi connectivity index (χ2n) is 5.42. The lowest BCUT2D eigenvalue weighted by Gasteiger charge is -2.14. The molecule has 23 heavy (non-hydrogen) atoms. The zero-order valence-electron chi connectivity index (χ0n) is 13.1. The Morgan fingerprint density at radius 2 is 1.83 bits per heavy atom. The Bertz CT molecular complexity index is 748. The van der Waals surface area contributed by atoms with Crippen LogP contribution in [0.3, 0.4) is 0 Å². The predicted molar refractivity (Wildman–Crippen MR) is 93.3 cm³/mol. The summed E-state index contributed by atoms with van der Waals surface area (Å²) in [5.41, 5.74) is 3.34. The molecule has 116 valence electrons. The monoisotopic (exact) mass is 304 g/mol. The van der Waals surface area contributed by atoms with Gasteiger partial charge >= 0.3 is 0 Å². The zero-order valence-corrected chi connectivity index (χ0v) is 13.1. The lowest BCUT2D eigenvalue weighted by Crippen LogP contribution is -2.04. The van der Waals surface area contributed by atoms with Gasteiger partial charge in [0.15, 0.2) is 0 Å². The number of benzene rings is 2. The fraction of sp³-hybridized carbons (Fsp3) is 0.150. The Balaban J connectivity index is 1.64. The Morgan fingerprint density at radius 1 is 1.04 bits per heavy atom. The van der Waals surface area contributed by atoms with E-state index in [-0.39, 0.29) is 0 Å². The van der Waals surface area contributed by atoms with Gasteiger partial charge in [-0.1, -0.05) is 55.1 Å². The average molecular weight is 304 g/mol. The second kappa shape index (κ2) is 7.45. The van der Waals surface area contributed by atoms with Crippen molar-refractivity contribution in [2.75, 3.05) is 6.61 Å². The number of imidazole rings is 1. The Hall–Kier alpha value is -2.81. The summed E-state index contributed by atoms with van der Waals surface area (Å²) < 4.78 is 8.00. The SMILES string of the molecule is C=C(Cn1ccnc1)c1ccccc1OCCc1ccccc1. The molecule has 0 saturated heterocycles. The van der Waals surface area contributed by atoms with E-state index in [0.717, 1.165) is 23.3 Å². The first-order chi connectivity index (χ1) is 11.3. The normalized spacial score (nSPS) is 10.4. The number of hydrogen-bond acceptors (Lipinski definition) is 2. The molecule has 0 aliphatic rings. The number of allylic oxidation sites excluding steroid dienone is 1. The Labute approximate surface area is 136 Å². The second-order valence-corrected chi connectivity index (χ2v) is 5.42. The molecule has 0 spiro atoms. The minimum absolute atomic E-state index is 0.652. The predicted octanol–water partition coefficient (Wildman–Crippen LogP) is 4.22. The maximum atomic E-state index is 6.00. The third kappa shape index (κ3) is 4.10. The zero-order chi connectivity index (χ0) is 15.9. The topological polar surface area (TPSA) is 27.1 Å². The first-order valence-electron chi connectivity index (χ1n) is 7.72. The molecular weight excluding hydrogens is 284 g/mol. The van der Waals surface area contributed by atoms with Crippen molar-refractivity contribution in [2.45, 2.75) is 13.0 Å². The first-order valence-corrected chi connectivity index (χ1v) is 7.72. The van der Waals surface area contributed by atoms with Crippen molar-refractivity contribution in [3.05, 3.63) is 91.0 Å². The van der Waals surface area contributed by atoms with Gasteiger partial charge in [0.1, 0.15) is 5.75 Å². The molecule has 1 aromatic heterocycles. The molecular formula is C20H20N2O. The van der Waals surface area contributed by atoms with Crippen LogP contribution in [0.15, 0.2) is 79.9 Å². The van der Waals surface area contributed by atoms with Gasteiger partial charge in [-0.3, -0.25) is 0 Å². The molecule has 3 nitrogen and oxygen atoms in total. The molecule has 0 fully saturated rings. The lowest BCUT2D eigenvalue weighted by molar-refractivity contribution is 0.321. The molecule has 0 N–H and O–H groups in total. The minimum Gasteiger partial charge on any atom is -0.493 e. The largest absolute Gasteiger partial charge is 0.493 e. The summed E-state index contributed by atoms with van der Waals surface area (Å²) in [7, 11) is 0. The van der Waals surface area contributed by atoms with Gasteiger partial charge in [0.05, 0.1) is 12.9 Å². The summed E-state index contributed by atoms with van der Waals surface area (Å²) in [6.07, 6.45) is 6.40. The van der Waals surface area contributed by atoms with E-state index in [0.29, 0.717) is 13.2 Å². The van der Waals surface area contributed by atoms with Gasteiger partial charge in [-0.25, -0.2) is 4.98 Å². The summed E-state index contributed by atoms with van der Waals surface area (Å²) >= 11 is 0. The highest BCUT2D eigenvalue weighted by Gasteiger charge is 2.07. The first kappa shape index (κ1) is 15.1. The quantitative estimate of drug-likeness (QED) is 0.653. The van der Waals surface area contributed by atoms with Gasteiger partial charge in [-0.05, 0) is 17.2 Å². The van der Waals surface area contributed by atoms with Gasteiger partial charge in [-0.2, -0.15) is 0 Å². The van der Waals surface area contributed by atoms with E-state index in [9.17, 15) is 0 Å². The smallest absolute Gasteiger partial charge is 0.126 e. The number of nitrogens with zero attached hydrogens (tertiary/aromatic N) is 2. The number of aromatic nitrogens is 2. The molecule has 3 heteroatoms. The van der Waals surface area contributed by atoms with E-state index in [1.54, 1.807) is 12.5 Å². The van der Waals surface area contributed by atoms with E-state index < -0.39 is 0 Å². The van der Waals surface area contributed by atoms with Crippen LogP contribution in [-0.4, -0.2) is 16.2 Å². The van der Waals surface area contributed by atoms with Crippen molar-refractivity contribution in [3.63, 3.8) is 0 Å². The van der Waals surface area contributed by atoms with Gasteiger partial charge in [0.25, 0.3) is 0 Å². The van der Waals surface area contributed by atoms with Crippen LogP contribution in [0, 0.1) is 0 Å². The van der Waals surface area contributed by atoms with Gasteiger partial charge in [-0.15, -0.1) is 0 Å². The van der Waals surface area contributed by atoms with E-state index in [2.05, 4.69) is 41.9 Å². The molecule has 0 amide bonds. The van der Waals surface area contributed by atoms with E-state index in [1.165, 1.54) is 5.56 Å². The molecule has 0 aliphatic carbocycles. The summed E-state index contributed by atoms with van der Waals surface area (Å²) in [6.45, 7) is 5.56. The fourth-order valence-corrected chi connectivity index (χ4v) is 2.49. The number of ether oxygens (including phenoxy) is 1. The highest BCUT2D eigenvalue weighted by atomic mass is 16.5. The van der Waals surface area contributed by atoms with Crippen molar-refractivity contribution in [1.29, 1.82) is 0 Å². The maximum absolute atomic E-state index is 6.00. The number of hydrogen-bond donors (Lipinski definition) is 0. The minimum atomic E-state index is 0.652. The van der Waals surface area contributed by atoms with Crippen LogP contribution < -0.4 is 4.74 Å². The Kier molecular flexibility index (Phi) is 4.89. The molecule has 2 aromatic carbocycles. The standard InChI is InChI=1S/C20H20N2O/c1-17(15-22-13-12-21-16-22)19-9-5-6-10-20(19)23-14-11-18-7-3-2-4-8-18/h2-10,12-13,16H,1,11,14-15H2. The summed E-state index contributed by atoms with van der Waals surface area (Å²) in [6, 6.07) is 18.4. The highest BCUT2D eigenvalue weighted by Crippen LogP contribution is 2.26. The third-order valence-electron chi connectivity index (χ3n) is 3.69. The molecule has 0 radical (unpaired) electrons. The highest BCUT2D eigenvalue weighted by molar-refractivity contribution is 5.68. The van der Waals surface area contributed by atoms with Crippen LogP contribution in [0.25, 0.3) is 5.57 Å². The molecule has 0 bridgehead atoms. The number of para-hydroxylation sites is 1. The van der Waals surface area contributed by atoms with Crippen LogP contribution in [0.4, 0.5) is 0 Å². The molecule has 0 atom stereocenters. The van der Waals surface area contributed by atoms with Crippen molar-refractivity contribution in [2.24, 2.45) is 0 Å². The average Bonchev–Trinajstić information content (AvgIpc) is 3.09. The number of rotatable bonds is 7. The van der Waals surface area contributed by atoms with Gasteiger partial charge < -0.3 is 9.30 Å². The van der Waals surface area contributed by atoms with Gasteiger partial charge in [0, 0.05) is 30.9 Å². The van der Waals surface area contributed by atoms with E-state index in [1.807, 2.05) is 35.0 Å². The van der Waals surface area contributed by atoms with Crippen LogP contribution >= 0.6 is 0 Å². The third-order valence-corrected chi connectivity index (χ3v) is 3.69. The van der Waals surface area contributed by atoms with Crippen LogP contribution in [0.2, 0.25) is 0 Å². The van der Waals surface area contributed by atoms with Crippen molar-refractivity contribution < 1.29 is 4.74 Å². The van der Waals surface area contributed by atoms with Crippen LogP contribution in [0.1, 0.15) is 11.1 Å².